The monoisotopic (exact) mass is 495 g/mol. The molecule has 0 amide bonds. The number of esters is 1. The molecule has 0 spiro atoms. The summed E-state index contributed by atoms with van der Waals surface area (Å²) in [5.41, 5.74) is -4.94. The summed E-state index contributed by atoms with van der Waals surface area (Å²) in [5.74, 6) is -2.76. The van der Waals surface area contributed by atoms with Crippen molar-refractivity contribution in [1.29, 1.82) is 0 Å². The molecule has 2 atom stereocenters. The maximum absolute atomic E-state index is 13.1. The zero-order chi connectivity index (χ0) is 25.8. The third-order valence-corrected chi connectivity index (χ3v) is 4.13. The maximum Gasteiger partial charge on any atom is 0.416 e. The number of ether oxygens (including phenoxy) is 2. The number of nitrogens with zero attached hydrogens (tertiary/aromatic N) is 1. The SMILES string of the molecule is COC(=O)C(COC(C)(C)C)C(CC(F)(F)F)/N=C/c1cc(C(F)(F)F)cc(C(F)(F)F)c1. The lowest BCUT2D eigenvalue weighted by Gasteiger charge is -2.27. The fourth-order valence-corrected chi connectivity index (χ4v) is 2.60. The van der Waals surface area contributed by atoms with Gasteiger partial charge in [-0.1, -0.05) is 0 Å². The molecule has 0 fully saturated rings. The standard InChI is InChI=1S/C20H22F9NO3/c1-17(2,3)33-10-14(16(31)32-4)15(8-18(21,22)23)30-9-11-5-12(19(24,25)26)7-13(6-11)20(27,28)29/h5-7,9,14-15H,8,10H2,1-4H3/b30-9+. The number of halogens is 9. The van der Waals surface area contributed by atoms with E-state index in [1.54, 1.807) is 20.8 Å². The Kier molecular flexibility index (Phi) is 8.97. The molecule has 0 saturated heterocycles. The quantitative estimate of drug-likeness (QED) is 0.262. The van der Waals surface area contributed by atoms with Crippen molar-refractivity contribution in [3.8, 4) is 0 Å². The largest absolute Gasteiger partial charge is 0.469 e. The van der Waals surface area contributed by atoms with Gasteiger partial charge in [-0.25, -0.2) is 0 Å². The number of benzene rings is 1. The molecule has 0 bridgehead atoms. The van der Waals surface area contributed by atoms with Gasteiger partial charge in [-0.3, -0.25) is 9.79 Å². The van der Waals surface area contributed by atoms with Crippen LogP contribution in [0.4, 0.5) is 39.5 Å². The molecule has 0 radical (unpaired) electrons. The number of rotatable bonds is 7. The third kappa shape index (κ3) is 10.0. The van der Waals surface area contributed by atoms with Crippen LogP contribution in [0.2, 0.25) is 0 Å². The Labute approximate surface area is 183 Å². The summed E-state index contributed by atoms with van der Waals surface area (Å²) >= 11 is 0. The summed E-state index contributed by atoms with van der Waals surface area (Å²) in [7, 11) is 0.906. The first-order valence-corrected chi connectivity index (χ1v) is 9.34. The van der Waals surface area contributed by atoms with E-state index in [-0.39, 0.29) is 6.07 Å². The summed E-state index contributed by atoms with van der Waals surface area (Å²) in [6, 6.07) is -1.44. The van der Waals surface area contributed by atoms with Gasteiger partial charge in [0.2, 0.25) is 0 Å². The molecule has 1 rings (SSSR count). The molecule has 0 aliphatic heterocycles. The van der Waals surface area contributed by atoms with E-state index in [1.807, 2.05) is 0 Å². The average Bonchev–Trinajstić information content (AvgIpc) is 2.62. The van der Waals surface area contributed by atoms with E-state index in [0.717, 1.165) is 7.11 Å². The van der Waals surface area contributed by atoms with E-state index >= 15 is 0 Å². The zero-order valence-electron chi connectivity index (χ0n) is 18.0. The second-order valence-corrected chi connectivity index (χ2v) is 8.06. The molecule has 0 aliphatic rings. The van der Waals surface area contributed by atoms with Gasteiger partial charge in [0.05, 0.1) is 42.9 Å². The van der Waals surface area contributed by atoms with Gasteiger partial charge in [-0.2, -0.15) is 39.5 Å². The van der Waals surface area contributed by atoms with E-state index in [2.05, 4.69) is 9.73 Å². The number of alkyl halides is 9. The Hall–Kier alpha value is -2.31. The fraction of sp³-hybridized carbons (Fsp3) is 0.600. The second-order valence-electron chi connectivity index (χ2n) is 8.06. The van der Waals surface area contributed by atoms with Crippen LogP contribution in [-0.2, 0) is 26.6 Å². The summed E-state index contributed by atoms with van der Waals surface area (Å²) in [6.45, 7) is 4.10. The van der Waals surface area contributed by atoms with Crippen LogP contribution >= 0.6 is 0 Å². The van der Waals surface area contributed by atoms with Crippen molar-refractivity contribution in [3.63, 3.8) is 0 Å². The van der Waals surface area contributed by atoms with Crippen molar-refractivity contribution in [3.05, 3.63) is 34.9 Å². The van der Waals surface area contributed by atoms with Crippen molar-refractivity contribution >= 4 is 12.2 Å². The van der Waals surface area contributed by atoms with Crippen LogP contribution in [0.1, 0.15) is 43.9 Å². The number of methoxy groups -OCH3 is 1. The second kappa shape index (κ2) is 10.3. The van der Waals surface area contributed by atoms with Crippen molar-refractivity contribution in [2.45, 2.75) is 57.4 Å². The van der Waals surface area contributed by atoms with Crippen LogP contribution in [0.25, 0.3) is 0 Å². The summed E-state index contributed by atoms with van der Waals surface area (Å²) < 4.78 is 127. The van der Waals surface area contributed by atoms with Crippen LogP contribution in [-0.4, -0.2) is 43.7 Å². The molecule has 0 saturated carbocycles. The van der Waals surface area contributed by atoms with Gasteiger partial charge in [0.25, 0.3) is 0 Å². The lowest BCUT2D eigenvalue weighted by Crippen LogP contribution is -2.37. The van der Waals surface area contributed by atoms with Gasteiger partial charge in [0.15, 0.2) is 0 Å². The van der Waals surface area contributed by atoms with Gasteiger partial charge in [0.1, 0.15) is 5.92 Å². The van der Waals surface area contributed by atoms with Crippen LogP contribution in [0.3, 0.4) is 0 Å². The number of carbonyl (C=O) groups is 1. The third-order valence-electron chi connectivity index (χ3n) is 4.13. The summed E-state index contributed by atoms with van der Waals surface area (Å²) in [5, 5.41) is 0. The molecular formula is C20H22F9NO3. The van der Waals surface area contributed by atoms with E-state index < -0.39 is 71.8 Å². The van der Waals surface area contributed by atoms with Crippen LogP contribution < -0.4 is 0 Å². The highest BCUT2D eigenvalue weighted by molar-refractivity contribution is 5.81. The Morgan fingerprint density at radius 3 is 1.79 bits per heavy atom. The normalized spacial score (nSPS) is 15.5. The van der Waals surface area contributed by atoms with Crippen molar-refractivity contribution < 1.29 is 53.8 Å². The highest BCUT2D eigenvalue weighted by atomic mass is 19.4. The Morgan fingerprint density at radius 1 is 0.939 bits per heavy atom. The van der Waals surface area contributed by atoms with Gasteiger partial charge in [-0.15, -0.1) is 0 Å². The molecule has 1 aromatic carbocycles. The molecule has 33 heavy (non-hydrogen) atoms. The van der Waals surface area contributed by atoms with Gasteiger partial charge in [-0.05, 0) is 44.5 Å². The fourth-order valence-electron chi connectivity index (χ4n) is 2.60. The van der Waals surface area contributed by atoms with Crippen molar-refractivity contribution in [2.24, 2.45) is 10.9 Å². The molecule has 1 aromatic rings. The average molecular weight is 495 g/mol. The van der Waals surface area contributed by atoms with Crippen LogP contribution in [0.15, 0.2) is 23.2 Å². The zero-order valence-corrected chi connectivity index (χ0v) is 18.0. The highest BCUT2D eigenvalue weighted by Gasteiger charge is 2.40. The topological polar surface area (TPSA) is 47.9 Å². The Bertz CT molecular complexity index is 805. The highest BCUT2D eigenvalue weighted by Crippen LogP contribution is 2.36. The predicted octanol–water partition coefficient (Wildman–Crippen LogP) is 6.07. The number of aliphatic imine (C=N–C) groups is 1. The molecule has 0 N–H and O–H groups in total. The first kappa shape index (κ1) is 28.7. The Morgan fingerprint density at radius 2 is 1.42 bits per heavy atom. The molecule has 13 heteroatoms. The lowest BCUT2D eigenvalue weighted by molar-refractivity contribution is -0.159. The molecule has 2 unspecified atom stereocenters. The Balaban J connectivity index is 3.47. The summed E-state index contributed by atoms with van der Waals surface area (Å²) in [6.07, 6.45) is -16.4. The lowest BCUT2D eigenvalue weighted by atomic mass is 9.97. The number of carbonyl (C=O) groups excluding carboxylic acids is 1. The minimum Gasteiger partial charge on any atom is -0.469 e. The van der Waals surface area contributed by atoms with Gasteiger partial charge >= 0.3 is 24.5 Å². The van der Waals surface area contributed by atoms with Gasteiger partial charge in [0, 0.05) is 6.21 Å². The molecule has 4 nitrogen and oxygen atoms in total. The molecule has 0 aromatic heterocycles. The first-order valence-electron chi connectivity index (χ1n) is 9.34. The minimum absolute atomic E-state index is 0.126. The maximum atomic E-state index is 13.1. The van der Waals surface area contributed by atoms with E-state index in [1.165, 1.54) is 0 Å². The number of hydrogen-bond donors (Lipinski definition) is 0. The van der Waals surface area contributed by atoms with Crippen molar-refractivity contribution in [1.82, 2.24) is 0 Å². The molecule has 0 heterocycles. The van der Waals surface area contributed by atoms with E-state index in [9.17, 15) is 44.3 Å². The van der Waals surface area contributed by atoms with Crippen LogP contribution in [0, 0.1) is 5.92 Å². The summed E-state index contributed by atoms with van der Waals surface area (Å²) in [4.78, 5) is 15.6. The van der Waals surface area contributed by atoms with E-state index in [0.29, 0.717) is 18.3 Å². The number of hydrogen-bond acceptors (Lipinski definition) is 4. The first-order chi connectivity index (χ1) is 14.7. The minimum atomic E-state index is -5.15. The molecular weight excluding hydrogens is 473 g/mol. The smallest absolute Gasteiger partial charge is 0.416 e. The van der Waals surface area contributed by atoms with Crippen molar-refractivity contribution in [2.75, 3.05) is 13.7 Å². The molecule has 0 aliphatic carbocycles. The van der Waals surface area contributed by atoms with Crippen LogP contribution in [0.5, 0.6) is 0 Å². The predicted molar refractivity (Wildman–Crippen MR) is 99.7 cm³/mol. The molecule has 188 valence electrons. The van der Waals surface area contributed by atoms with Gasteiger partial charge < -0.3 is 9.47 Å². The van der Waals surface area contributed by atoms with E-state index in [4.69, 9.17) is 4.74 Å².